The Bertz CT molecular complexity index is 391. The normalized spacial score (nSPS) is 18.6. The van der Waals surface area contributed by atoms with Gasteiger partial charge in [-0.25, -0.2) is 3.53 Å². The number of carbonyl (C=O) groups is 1. The number of hydrogen-bond acceptors (Lipinski definition) is 3. The molecule has 0 aromatic heterocycles. The van der Waals surface area contributed by atoms with E-state index in [4.69, 9.17) is 5.11 Å². The van der Waals surface area contributed by atoms with Gasteiger partial charge in [0.1, 0.15) is 6.04 Å². The molecule has 0 amide bonds. The van der Waals surface area contributed by atoms with E-state index in [1.165, 1.54) is 5.69 Å². The third kappa shape index (κ3) is 3.14. The number of piperidine rings is 1. The number of rotatable bonds is 4. The van der Waals surface area contributed by atoms with E-state index < -0.39 is 12.0 Å². The first-order valence-corrected chi connectivity index (χ1v) is 7.19. The summed E-state index contributed by atoms with van der Waals surface area (Å²) in [5.41, 5.74) is 1.23. The van der Waals surface area contributed by atoms with Crippen molar-refractivity contribution >= 4 is 34.5 Å². The number of anilines is 1. The molecular formula is C13H17IN2O2. The number of nitrogens with one attached hydrogen (secondary N) is 1. The molecule has 1 heterocycles. The summed E-state index contributed by atoms with van der Waals surface area (Å²) in [5.74, 6) is -0.526. The van der Waals surface area contributed by atoms with Crippen LogP contribution in [0, 0.1) is 5.92 Å². The fourth-order valence-electron chi connectivity index (χ4n) is 2.47. The summed E-state index contributed by atoms with van der Waals surface area (Å²) < 4.78 is 2.88. The van der Waals surface area contributed by atoms with E-state index in [1.807, 2.05) is 41.1 Å². The predicted molar refractivity (Wildman–Crippen MR) is 80.0 cm³/mol. The van der Waals surface area contributed by atoms with E-state index in [-0.39, 0.29) is 5.92 Å². The maximum absolute atomic E-state index is 11.1. The Morgan fingerprint density at radius 2 is 1.94 bits per heavy atom. The average Bonchev–Trinajstić information content (AvgIpc) is 2.41. The van der Waals surface area contributed by atoms with Crippen molar-refractivity contribution < 1.29 is 9.90 Å². The number of halogens is 1. The topological polar surface area (TPSA) is 52.6 Å². The highest BCUT2D eigenvalue weighted by atomic mass is 127. The lowest BCUT2D eigenvalue weighted by Crippen LogP contribution is -2.44. The van der Waals surface area contributed by atoms with Crippen LogP contribution in [0.5, 0.6) is 0 Å². The molecular weight excluding hydrogens is 343 g/mol. The van der Waals surface area contributed by atoms with Gasteiger partial charge in [0.15, 0.2) is 0 Å². The third-order valence-corrected chi connectivity index (χ3v) is 4.19. The average molecular weight is 360 g/mol. The molecule has 1 aromatic rings. The summed E-state index contributed by atoms with van der Waals surface area (Å²) in [6, 6.07) is 9.86. The van der Waals surface area contributed by atoms with Crippen LogP contribution in [0.15, 0.2) is 30.3 Å². The van der Waals surface area contributed by atoms with Crippen LogP contribution in [0.4, 0.5) is 5.69 Å². The molecule has 1 saturated heterocycles. The molecule has 0 aliphatic carbocycles. The standard InChI is InChI=1S/C13H17IN2O2/c14-15-12(13(17)18)10-6-8-16(9-7-10)11-4-2-1-3-5-11/h1-5,10,12,15H,6-9H2,(H,17,18). The minimum Gasteiger partial charge on any atom is -0.480 e. The molecule has 1 atom stereocenters. The molecule has 2 N–H and O–H groups in total. The predicted octanol–water partition coefficient (Wildman–Crippen LogP) is 2.30. The Balaban J connectivity index is 1.94. The number of carboxylic acid groups (broad SMARTS) is 1. The van der Waals surface area contributed by atoms with E-state index in [0.717, 1.165) is 25.9 Å². The Kier molecular flexibility index (Phi) is 4.82. The molecule has 98 valence electrons. The lowest BCUT2D eigenvalue weighted by molar-refractivity contribution is -0.140. The van der Waals surface area contributed by atoms with Gasteiger partial charge in [-0.2, -0.15) is 0 Å². The highest BCUT2D eigenvalue weighted by Crippen LogP contribution is 2.25. The number of hydrogen-bond donors (Lipinski definition) is 2. The van der Waals surface area contributed by atoms with Crippen molar-refractivity contribution in [1.29, 1.82) is 0 Å². The van der Waals surface area contributed by atoms with Crippen molar-refractivity contribution in [3.8, 4) is 0 Å². The smallest absolute Gasteiger partial charge is 0.321 e. The van der Waals surface area contributed by atoms with Crippen LogP contribution >= 0.6 is 22.9 Å². The van der Waals surface area contributed by atoms with Gasteiger partial charge in [0.25, 0.3) is 0 Å². The minimum absolute atomic E-state index is 0.222. The Labute approximate surface area is 121 Å². The van der Waals surface area contributed by atoms with Gasteiger partial charge in [0, 0.05) is 41.6 Å². The van der Waals surface area contributed by atoms with Gasteiger partial charge in [-0.3, -0.25) is 4.79 Å². The quantitative estimate of drug-likeness (QED) is 0.639. The highest BCUT2D eigenvalue weighted by Gasteiger charge is 2.30. The number of para-hydroxylation sites is 1. The van der Waals surface area contributed by atoms with Crippen molar-refractivity contribution in [1.82, 2.24) is 3.53 Å². The number of aliphatic carboxylic acids is 1. The van der Waals surface area contributed by atoms with E-state index in [1.54, 1.807) is 0 Å². The zero-order valence-electron chi connectivity index (χ0n) is 10.1. The van der Waals surface area contributed by atoms with Crippen molar-refractivity contribution in [2.75, 3.05) is 18.0 Å². The lowest BCUT2D eigenvalue weighted by atomic mass is 9.90. The van der Waals surface area contributed by atoms with E-state index in [2.05, 4.69) is 20.6 Å². The van der Waals surface area contributed by atoms with Gasteiger partial charge in [0.05, 0.1) is 0 Å². The molecule has 18 heavy (non-hydrogen) atoms. The largest absolute Gasteiger partial charge is 0.480 e. The molecule has 1 aromatic carbocycles. The van der Waals surface area contributed by atoms with Gasteiger partial charge in [-0.05, 0) is 30.9 Å². The Morgan fingerprint density at radius 1 is 1.33 bits per heavy atom. The molecule has 5 heteroatoms. The summed E-state index contributed by atoms with van der Waals surface area (Å²) in [6.45, 7) is 1.85. The zero-order valence-corrected chi connectivity index (χ0v) is 12.2. The summed E-state index contributed by atoms with van der Waals surface area (Å²) in [6.07, 6.45) is 1.84. The first-order valence-electron chi connectivity index (χ1n) is 6.11. The zero-order chi connectivity index (χ0) is 13.0. The van der Waals surface area contributed by atoms with Crippen molar-refractivity contribution in [2.45, 2.75) is 18.9 Å². The van der Waals surface area contributed by atoms with Crippen LogP contribution < -0.4 is 8.43 Å². The van der Waals surface area contributed by atoms with E-state index >= 15 is 0 Å². The van der Waals surface area contributed by atoms with Gasteiger partial charge in [-0.15, -0.1) is 0 Å². The first-order chi connectivity index (χ1) is 8.72. The van der Waals surface area contributed by atoms with E-state index in [9.17, 15) is 4.79 Å². The van der Waals surface area contributed by atoms with Gasteiger partial charge >= 0.3 is 5.97 Å². The van der Waals surface area contributed by atoms with Crippen LogP contribution in [0.2, 0.25) is 0 Å². The summed E-state index contributed by atoms with van der Waals surface area (Å²) in [5, 5.41) is 9.13. The molecule has 0 radical (unpaired) electrons. The fraction of sp³-hybridized carbons (Fsp3) is 0.462. The maximum atomic E-state index is 11.1. The molecule has 1 unspecified atom stereocenters. The van der Waals surface area contributed by atoms with E-state index in [0.29, 0.717) is 0 Å². The van der Waals surface area contributed by atoms with Gasteiger partial charge in [0.2, 0.25) is 0 Å². The first kappa shape index (κ1) is 13.6. The van der Waals surface area contributed by atoms with Crippen LogP contribution in [0.3, 0.4) is 0 Å². The number of benzene rings is 1. The maximum Gasteiger partial charge on any atom is 0.321 e. The molecule has 0 bridgehead atoms. The van der Waals surface area contributed by atoms with Gasteiger partial charge in [-0.1, -0.05) is 18.2 Å². The van der Waals surface area contributed by atoms with Crippen LogP contribution in [0.1, 0.15) is 12.8 Å². The Hall–Kier alpha value is -0.820. The van der Waals surface area contributed by atoms with Crippen LogP contribution in [-0.2, 0) is 4.79 Å². The molecule has 4 nitrogen and oxygen atoms in total. The molecule has 1 aliphatic rings. The SMILES string of the molecule is O=C(O)C(NI)C1CCN(c2ccccc2)CC1. The molecule has 1 fully saturated rings. The molecule has 1 aliphatic heterocycles. The Morgan fingerprint density at radius 3 is 2.44 bits per heavy atom. The lowest BCUT2D eigenvalue weighted by Gasteiger charge is -2.35. The van der Waals surface area contributed by atoms with Crippen LogP contribution in [0.25, 0.3) is 0 Å². The second-order valence-corrected chi connectivity index (χ2v) is 5.21. The summed E-state index contributed by atoms with van der Waals surface area (Å²) >= 11 is 1.94. The summed E-state index contributed by atoms with van der Waals surface area (Å²) in [4.78, 5) is 13.4. The van der Waals surface area contributed by atoms with Crippen LogP contribution in [-0.4, -0.2) is 30.2 Å². The second-order valence-electron chi connectivity index (χ2n) is 4.59. The van der Waals surface area contributed by atoms with Crippen molar-refractivity contribution in [3.63, 3.8) is 0 Å². The minimum atomic E-state index is -0.748. The summed E-state index contributed by atoms with van der Waals surface area (Å²) in [7, 11) is 0. The third-order valence-electron chi connectivity index (χ3n) is 3.52. The fourth-order valence-corrected chi connectivity index (χ4v) is 3.24. The van der Waals surface area contributed by atoms with Crippen molar-refractivity contribution in [3.05, 3.63) is 30.3 Å². The molecule has 0 saturated carbocycles. The van der Waals surface area contributed by atoms with Crippen molar-refractivity contribution in [2.24, 2.45) is 5.92 Å². The highest BCUT2D eigenvalue weighted by molar-refractivity contribution is 14.1. The number of nitrogens with zero attached hydrogens (tertiary/aromatic N) is 1. The molecule has 0 spiro atoms. The van der Waals surface area contributed by atoms with Gasteiger partial charge < -0.3 is 10.0 Å². The number of carboxylic acids is 1. The monoisotopic (exact) mass is 360 g/mol. The second kappa shape index (κ2) is 6.38. The molecule has 2 rings (SSSR count).